The van der Waals surface area contributed by atoms with Crippen molar-refractivity contribution in [3.63, 3.8) is 0 Å². The molecular weight excluding hydrogens is 252 g/mol. The highest BCUT2D eigenvalue weighted by atomic mass is 16.3. The van der Waals surface area contributed by atoms with E-state index in [0.29, 0.717) is 6.54 Å². The predicted octanol–water partition coefficient (Wildman–Crippen LogP) is 2.60. The van der Waals surface area contributed by atoms with Gasteiger partial charge in [0, 0.05) is 35.8 Å². The van der Waals surface area contributed by atoms with Gasteiger partial charge in [-0.15, -0.1) is 0 Å². The number of benzene rings is 1. The van der Waals surface area contributed by atoms with Crippen molar-refractivity contribution in [3.8, 4) is 0 Å². The molecule has 2 atom stereocenters. The van der Waals surface area contributed by atoms with Gasteiger partial charge in [0.15, 0.2) is 0 Å². The van der Waals surface area contributed by atoms with E-state index in [0.717, 1.165) is 22.1 Å². The van der Waals surface area contributed by atoms with Gasteiger partial charge in [-0.25, -0.2) is 0 Å². The normalized spacial score (nSPS) is 14.3. The molecule has 4 nitrogen and oxygen atoms in total. The molecule has 102 valence electrons. The lowest BCUT2D eigenvalue weighted by atomic mass is 9.89. The summed E-state index contributed by atoms with van der Waals surface area (Å²) < 4.78 is 5.49. The molecule has 0 aliphatic heterocycles. The highest BCUT2D eigenvalue weighted by Crippen LogP contribution is 2.34. The summed E-state index contributed by atoms with van der Waals surface area (Å²) in [5.41, 5.74) is 8.36. The fourth-order valence-corrected chi connectivity index (χ4v) is 2.50. The van der Waals surface area contributed by atoms with Crippen molar-refractivity contribution in [1.29, 1.82) is 0 Å². The van der Waals surface area contributed by atoms with Crippen LogP contribution in [0.25, 0.3) is 11.0 Å². The van der Waals surface area contributed by atoms with Crippen molar-refractivity contribution in [2.75, 3.05) is 6.54 Å². The lowest BCUT2D eigenvalue weighted by Crippen LogP contribution is -2.20. The van der Waals surface area contributed by atoms with Crippen LogP contribution in [-0.2, 0) is 0 Å². The molecule has 0 radical (unpaired) electrons. The summed E-state index contributed by atoms with van der Waals surface area (Å²) in [6.07, 6.45) is 4.32. The number of aliphatic hydroxyl groups is 1. The van der Waals surface area contributed by atoms with E-state index < -0.39 is 6.10 Å². The van der Waals surface area contributed by atoms with E-state index in [1.165, 1.54) is 0 Å². The Bertz CT molecular complexity index is 694. The lowest BCUT2D eigenvalue weighted by Gasteiger charge is -2.21. The van der Waals surface area contributed by atoms with E-state index in [1.54, 1.807) is 18.7 Å². The van der Waals surface area contributed by atoms with Crippen molar-refractivity contribution < 1.29 is 9.52 Å². The van der Waals surface area contributed by atoms with Gasteiger partial charge in [0.25, 0.3) is 0 Å². The summed E-state index contributed by atoms with van der Waals surface area (Å²) in [5, 5.41) is 11.6. The van der Waals surface area contributed by atoms with Crippen LogP contribution in [0.5, 0.6) is 0 Å². The molecule has 0 aliphatic rings. The zero-order chi connectivity index (χ0) is 13.9. The molecular formula is C16H16N2O2. The second-order valence-corrected chi connectivity index (χ2v) is 4.75. The van der Waals surface area contributed by atoms with Gasteiger partial charge in [-0.2, -0.15) is 0 Å². The number of rotatable bonds is 4. The summed E-state index contributed by atoms with van der Waals surface area (Å²) in [6, 6.07) is 11.4. The number of hydrogen-bond acceptors (Lipinski definition) is 4. The van der Waals surface area contributed by atoms with Gasteiger partial charge in [0.1, 0.15) is 5.58 Å². The first-order valence-electron chi connectivity index (χ1n) is 6.55. The Morgan fingerprint density at radius 1 is 1.15 bits per heavy atom. The number of pyridine rings is 1. The fraction of sp³-hybridized carbons (Fsp3) is 0.188. The van der Waals surface area contributed by atoms with Gasteiger partial charge in [0.05, 0.1) is 12.4 Å². The number of aromatic nitrogens is 1. The van der Waals surface area contributed by atoms with Crippen molar-refractivity contribution in [1.82, 2.24) is 4.98 Å². The van der Waals surface area contributed by atoms with Crippen molar-refractivity contribution in [2.24, 2.45) is 5.73 Å². The molecule has 0 fully saturated rings. The molecule has 0 spiro atoms. The van der Waals surface area contributed by atoms with E-state index in [4.69, 9.17) is 10.2 Å². The number of nitrogens with two attached hydrogens (primary N) is 1. The molecule has 3 N–H and O–H groups in total. The van der Waals surface area contributed by atoms with Gasteiger partial charge < -0.3 is 15.3 Å². The second-order valence-electron chi connectivity index (χ2n) is 4.75. The van der Waals surface area contributed by atoms with Crippen LogP contribution in [0.15, 0.2) is 59.5 Å². The fourth-order valence-electron chi connectivity index (χ4n) is 2.50. The summed E-state index contributed by atoms with van der Waals surface area (Å²) in [7, 11) is 0. The maximum absolute atomic E-state index is 10.7. The van der Waals surface area contributed by atoms with Gasteiger partial charge in [0.2, 0.25) is 0 Å². The summed E-state index contributed by atoms with van der Waals surface area (Å²) in [6.45, 7) is 0.352. The Hall–Kier alpha value is -2.17. The molecule has 3 aromatic rings. The number of aliphatic hydroxyl groups excluding tert-OH is 1. The van der Waals surface area contributed by atoms with E-state index in [1.807, 2.05) is 36.4 Å². The third-order valence-electron chi connectivity index (χ3n) is 3.60. The summed E-state index contributed by atoms with van der Waals surface area (Å²) in [5.74, 6) is -0.181. The summed E-state index contributed by atoms with van der Waals surface area (Å²) in [4.78, 5) is 3.99. The third kappa shape index (κ3) is 2.19. The third-order valence-corrected chi connectivity index (χ3v) is 3.60. The Morgan fingerprint density at radius 2 is 1.90 bits per heavy atom. The molecule has 2 heterocycles. The first-order valence-corrected chi connectivity index (χ1v) is 6.55. The average Bonchev–Trinajstić information content (AvgIpc) is 2.93. The van der Waals surface area contributed by atoms with Crippen LogP contribution in [-0.4, -0.2) is 16.6 Å². The SMILES string of the molecule is NCC(c1ccncc1)C(O)c1coc2ccccc12. The number of hydrogen-bond donors (Lipinski definition) is 2. The minimum Gasteiger partial charge on any atom is -0.464 e. The van der Waals surface area contributed by atoms with E-state index in [2.05, 4.69) is 4.98 Å². The number of para-hydroxylation sites is 1. The van der Waals surface area contributed by atoms with E-state index in [9.17, 15) is 5.11 Å². The van der Waals surface area contributed by atoms with Crippen molar-refractivity contribution in [3.05, 3.63) is 66.2 Å². The maximum atomic E-state index is 10.7. The van der Waals surface area contributed by atoms with Crippen LogP contribution in [0.2, 0.25) is 0 Å². The van der Waals surface area contributed by atoms with Crippen LogP contribution in [0, 0.1) is 0 Å². The zero-order valence-electron chi connectivity index (χ0n) is 10.9. The standard InChI is InChI=1S/C16H16N2O2/c17-9-13(11-5-7-18-8-6-11)16(19)14-10-20-15-4-2-1-3-12(14)15/h1-8,10,13,16,19H,9,17H2. The average molecular weight is 268 g/mol. The first kappa shape index (κ1) is 12.8. The molecule has 20 heavy (non-hydrogen) atoms. The number of fused-ring (bicyclic) bond motifs is 1. The Morgan fingerprint density at radius 3 is 2.65 bits per heavy atom. The molecule has 0 aliphatic carbocycles. The minimum absolute atomic E-state index is 0.181. The monoisotopic (exact) mass is 268 g/mol. The van der Waals surface area contributed by atoms with Crippen LogP contribution in [0.4, 0.5) is 0 Å². The van der Waals surface area contributed by atoms with Crippen molar-refractivity contribution in [2.45, 2.75) is 12.0 Å². The quantitative estimate of drug-likeness (QED) is 0.763. The number of furan rings is 1. The second kappa shape index (κ2) is 5.45. The topological polar surface area (TPSA) is 72.3 Å². The molecule has 0 saturated heterocycles. The van der Waals surface area contributed by atoms with Crippen molar-refractivity contribution >= 4 is 11.0 Å². The highest BCUT2D eigenvalue weighted by Gasteiger charge is 2.24. The minimum atomic E-state index is -0.703. The van der Waals surface area contributed by atoms with E-state index in [-0.39, 0.29) is 5.92 Å². The largest absolute Gasteiger partial charge is 0.464 e. The molecule has 0 bridgehead atoms. The molecule has 0 saturated carbocycles. The smallest absolute Gasteiger partial charge is 0.134 e. The van der Waals surface area contributed by atoms with E-state index >= 15 is 0 Å². The zero-order valence-corrected chi connectivity index (χ0v) is 10.9. The molecule has 3 rings (SSSR count). The Balaban J connectivity index is 2.00. The van der Waals surface area contributed by atoms with Crippen LogP contribution < -0.4 is 5.73 Å². The lowest BCUT2D eigenvalue weighted by molar-refractivity contribution is 0.148. The van der Waals surface area contributed by atoms with Crippen LogP contribution in [0.3, 0.4) is 0 Å². The van der Waals surface area contributed by atoms with Gasteiger partial charge >= 0.3 is 0 Å². The molecule has 4 heteroatoms. The molecule has 2 aromatic heterocycles. The first-order chi connectivity index (χ1) is 9.81. The molecule has 0 amide bonds. The maximum Gasteiger partial charge on any atom is 0.134 e. The Kier molecular flexibility index (Phi) is 3.50. The molecule has 2 unspecified atom stereocenters. The number of nitrogens with zero attached hydrogens (tertiary/aromatic N) is 1. The van der Waals surface area contributed by atoms with Crippen LogP contribution >= 0.6 is 0 Å². The predicted molar refractivity (Wildman–Crippen MR) is 77.2 cm³/mol. The van der Waals surface area contributed by atoms with Gasteiger partial charge in [-0.05, 0) is 23.8 Å². The van der Waals surface area contributed by atoms with Gasteiger partial charge in [-0.1, -0.05) is 18.2 Å². The summed E-state index contributed by atoms with van der Waals surface area (Å²) >= 11 is 0. The Labute approximate surface area is 116 Å². The highest BCUT2D eigenvalue weighted by molar-refractivity contribution is 5.81. The van der Waals surface area contributed by atoms with Crippen LogP contribution in [0.1, 0.15) is 23.1 Å². The van der Waals surface area contributed by atoms with Gasteiger partial charge in [-0.3, -0.25) is 4.98 Å². The molecule has 1 aromatic carbocycles.